The number of aromatic nitrogens is 4. The average molecular weight is 483 g/mol. The van der Waals surface area contributed by atoms with E-state index in [1.807, 2.05) is 55.7 Å². The number of nitrogens with zero attached hydrogens (tertiary/aromatic N) is 5. The molecule has 1 aromatic carbocycles. The molecule has 4 aromatic rings. The van der Waals surface area contributed by atoms with Crippen LogP contribution in [0.3, 0.4) is 0 Å². The maximum atomic E-state index is 4.47. The molecule has 0 unspecified atom stereocenters. The third-order valence-corrected chi connectivity index (χ3v) is 6.97. The molecule has 4 heterocycles. The molecular formula is C30H38N6. The van der Waals surface area contributed by atoms with E-state index in [1.165, 1.54) is 48.1 Å². The number of hydrogen-bond acceptors (Lipinski definition) is 5. The normalized spacial score (nSPS) is 14.5. The second kappa shape index (κ2) is 12.0. The second-order valence-electron chi connectivity index (χ2n) is 9.85. The standard InChI is InChI=1S/C16H24N2.C14H14N4/c1-4-14-5-8-17-16(11-14)12-15-6-9-18(10-7-15)13(2)3;1-15-14-6-12-5-10(3-4-11(12)7-16-14)13-8-17-18(2)9-13/h4-5,8,11,13,15H,1,6-7,9-10,12H2,2-3H3;3-9H,1-2H3,(H,15,16). The Balaban J connectivity index is 0.000000169. The first-order valence-electron chi connectivity index (χ1n) is 12.8. The van der Waals surface area contributed by atoms with Crippen molar-refractivity contribution in [2.75, 3.05) is 25.5 Å². The van der Waals surface area contributed by atoms with Crippen LogP contribution in [0.1, 0.15) is 37.9 Å². The number of aryl methyl sites for hydroxylation is 1. The van der Waals surface area contributed by atoms with Crippen LogP contribution in [0.15, 0.2) is 67.8 Å². The van der Waals surface area contributed by atoms with Crippen LogP contribution in [0.25, 0.3) is 28.0 Å². The largest absolute Gasteiger partial charge is 0.373 e. The lowest BCUT2D eigenvalue weighted by atomic mass is 9.91. The summed E-state index contributed by atoms with van der Waals surface area (Å²) in [5.41, 5.74) is 4.70. The minimum atomic E-state index is 0.688. The fourth-order valence-corrected chi connectivity index (χ4v) is 4.73. The summed E-state index contributed by atoms with van der Waals surface area (Å²) in [5.74, 6) is 1.68. The molecule has 0 atom stereocenters. The van der Waals surface area contributed by atoms with Crippen molar-refractivity contribution >= 4 is 22.7 Å². The van der Waals surface area contributed by atoms with E-state index in [4.69, 9.17) is 0 Å². The van der Waals surface area contributed by atoms with Crippen molar-refractivity contribution in [2.24, 2.45) is 13.0 Å². The Hall–Kier alpha value is -3.51. The number of rotatable bonds is 6. The first-order chi connectivity index (χ1) is 17.4. The third-order valence-electron chi connectivity index (χ3n) is 6.97. The summed E-state index contributed by atoms with van der Waals surface area (Å²) in [6, 6.07) is 13.3. The van der Waals surface area contributed by atoms with Gasteiger partial charge < -0.3 is 10.2 Å². The molecule has 1 saturated heterocycles. The molecule has 0 aliphatic carbocycles. The van der Waals surface area contributed by atoms with Gasteiger partial charge >= 0.3 is 0 Å². The van der Waals surface area contributed by atoms with E-state index >= 15 is 0 Å². The summed E-state index contributed by atoms with van der Waals surface area (Å²) >= 11 is 0. The zero-order valence-corrected chi connectivity index (χ0v) is 22.0. The van der Waals surface area contributed by atoms with Gasteiger partial charge in [0.25, 0.3) is 0 Å². The van der Waals surface area contributed by atoms with E-state index in [2.05, 4.69) is 76.0 Å². The zero-order valence-electron chi connectivity index (χ0n) is 22.0. The summed E-state index contributed by atoms with van der Waals surface area (Å²) in [5, 5.41) is 9.57. The molecule has 0 radical (unpaired) electrons. The number of piperidine rings is 1. The van der Waals surface area contributed by atoms with E-state index in [-0.39, 0.29) is 0 Å². The lowest BCUT2D eigenvalue weighted by molar-refractivity contribution is 0.149. The summed E-state index contributed by atoms with van der Waals surface area (Å²) in [4.78, 5) is 11.4. The molecule has 6 heteroatoms. The lowest BCUT2D eigenvalue weighted by Crippen LogP contribution is -2.38. The van der Waals surface area contributed by atoms with Gasteiger partial charge in [-0.2, -0.15) is 5.10 Å². The molecule has 6 nitrogen and oxygen atoms in total. The summed E-state index contributed by atoms with van der Waals surface area (Å²) in [6.07, 6.45) is 13.3. The van der Waals surface area contributed by atoms with Crippen LogP contribution in [0.4, 0.5) is 5.82 Å². The molecule has 188 valence electrons. The Kier molecular flexibility index (Phi) is 8.49. The predicted molar refractivity (Wildman–Crippen MR) is 151 cm³/mol. The van der Waals surface area contributed by atoms with E-state index in [0.717, 1.165) is 29.1 Å². The molecule has 3 aromatic heterocycles. The molecule has 5 rings (SSSR count). The van der Waals surface area contributed by atoms with Gasteiger partial charge in [0.2, 0.25) is 0 Å². The van der Waals surface area contributed by atoms with Crippen molar-refractivity contribution < 1.29 is 0 Å². The van der Waals surface area contributed by atoms with Crippen LogP contribution < -0.4 is 5.32 Å². The van der Waals surface area contributed by atoms with Crippen LogP contribution in [-0.4, -0.2) is 50.8 Å². The van der Waals surface area contributed by atoms with Gasteiger partial charge in [-0.1, -0.05) is 24.8 Å². The van der Waals surface area contributed by atoms with Crippen LogP contribution >= 0.6 is 0 Å². The molecular weight excluding hydrogens is 444 g/mol. The highest BCUT2D eigenvalue weighted by atomic mass is 15.2. The number of anilines is 1. The first kappa shape index (κ1) is 25.6. The Bertz CT molecular complexity index is 1280. The summed E-state index contributed by atoms with van der Waals surface area (Å²) in [7, 11) is 3.80. The molecule has 1 N–H and O–H groups in total. The van der Waals surface area contributed by atoms with E-state index in [9.17, 15) is 0 Å². The third kappa shape index (κ3) is 6.58. The zero-order chi connectivity index (χ0) is 25.5. The van der Waals surface area contributed by atoms with Gasteiger partial charge in [0.1, 0.15) is 5.82 Å². The molecule has 0 saturated carbocycles. The molecule has 1 aliphatic rings. The highest BCUT2D eigenvalue weighted by molar-refractivity contribution is 5.88. The Morgan fingerprint density at radius 1 is 1.03 bits per heavy atom. The fraction of sp³-hybridized carbons (Fsp3) is 0.367. The molecule has 0 bridgehead atoms. The SMILES string of the molecule is C=Cc1ccnc(CC2CCN(C(C)C)CC2)c1.CNc1cc2cc(-c3cnn(C)c3)ccc2cn1. The van der Waals surface area contributed by atoms with Crippen molar-refractivity contribution in [3.63, 3.8) is 0 Å². The Morgan fingerprint density at radius 2 is 1.83 bits per heavy atom. The van der Waals surface area contributed by atoms with Crippen LogP contribution in [-0.2, 0) is 13.5 Å². The Labute approximate surface area is 215 Å². The molecule has 36 heavy (non-hydrogen) atoms. The quantitative estimate of drug-likeness (QED) is 0.362. The van der Waals surface area contributed by atoms with Gasteiger partial charge in [-0.05, 0) is 92.9 Å². The van der Waals surface area contributed by atoms with E-state index in [0.29, 0.717) is 6.04 Å². The van der Waals surface area contributed by atoms with Crippen molar-refractivity contribution in [2.45, 2.75) is 39.2 Å². The van der Waals surface area contributed by atoms with Crippen molar-refractivity contribution in [1.29, 1.82) is 0 Å². The summed E-state index contributed by atoms with van der Waals surface area (Å²) in [6.45, 7) is 10.9. The number of hydrogen-bond donors (Lipinski definition) is 1. The minimum Gasteiger partial charge on any atom is -0.373 e. The van der Waals surface area contributed by atoms with E-state index in [1.54, 1.807) is 0 Å². The van der Waals surface area contributed by atoms with Crippen molar-refractivity contribution in [3.8, 4) is 11.1 Å². The maximum absolute atomic E-state index is 4.47. The predicted octanol–water partition coefficient (Wildman–Crippen LogP) is 6.06. The molecule has 0 amide bonds. The molecule has 1 fully saturated rings. The molecule has 1 aliphatic heterocycles. The first-order valence-corrected chi connectivity index (χ1v) is 12.8. The Morgan fingerprint density at radius 3 is 2.50 bits per heavy atom. The highest BCUT2D eigenvalue weighted by Gasteiger charge is 2.21. The maximum Gasteiger partial charge on any atom is 0.126 e. The van der Waals surface area contributed by atoms with E-state index < -0.39 is 0 Å². The van der Waals surface area contributed by atoms with Gasteiger partial charge in [-0.3, -0.25) is 9.67 Å². The summed E-state index contributed by atoms with van der Waals surface area (Å²) < 4.78 is 1.81. The monoisotopic (exact) mass is 482 g/mol. The van der Waals surface area contributed by atoms with Gasteiger partial charge in [-0.25, -0.2) is 4.98 Å². The smallest absolute Gasteiger partial charge is 0.126 e. The molecule has 0 spiro atoms. The number of fused-ring (bicyclic) bond motifs is 1. The van der Waals surface area contributed by atoms with Gasteiger partial charge in [-0.15, -0.1) is 0 Å². The fourth-order valence-electron chi connectivity index (χ4n) is 4.73. The van der Waals surface area contributed by atoms with Crippen molar-refractivity contribution in [1.82, 2.24) is 24.6 Å². The second-order valence-corrected chi connectivity index (χ2v) is 9.85. The average Bonchev–Trinajstić information content (AvgIpc) is 3.35. The van der Waals surface area contributed by atoms with Crippen molar-refractivity contribution in [3.05, 3.63) is 79.0 Å². The number of nitrogens with one attached hydrogen (secondary N) is 1. The lowest BCUT2D eigenvalue weighted by Gasteiger charge is -2.34. The van der Waals surface area contributed by atoms with Gasteiger partial charge in [0, 0.05) is 55.4 Å². The number of pyridine rings is 2. The number of benzene rings is 1. The van der Waals surface area contributed by atoms with Gasteiger partial charge in [0.05, 0.1) is 6.20 Å². The topological polar surface area (TPSA) is 58.9 Å². The van der Waals surface area contributed by atoms with Crippen LogP contribution in [0.5, 0.6) is 0 Å². The number of likely N-dealkylation sites (tertiary alicyclic amines) is 1. The highest BCUT2D eigenvalue weighted by Crippen LogP contribution is 2.25. The van der Waals surface area contributed by atoms with Gasteiger partial charge in [0.15, 0.2) is 0 Å². The minimum absolute atomic E-state index is 0.688. The van der Waals surface area contributed by atoms with Crippen LogP contribution in [0.2, 0.25) is 0 Å². The van der Waals surface area contributed by atoms with Crippen LogP contribution in [0, 0.1) is 5.92 Å².